The number of oxime groups is 1. The SMILES string of the molecule is C/C=C/COc1cc(C)c(OCc2cccnc2/C(C)=N\OC)c(C)c1. The lowest BCUT2D eigenvalue weighted by Crippen LogP contribution is -2.08. The van der Waals surface area contributed by atoms with E-state index in [-0.39, 0.29) is 0 Å². The van der Waals surface area contributed by atoms with E-state index in [0.29, 0.717) is 18.9 Å². The van der Waals surface area contributed by atoms with Crippen molar-refractivity contribution in [2.45, 2.75) is 34.3 Å². The van der Waals surface area contributed by atoms with Gasteiger partial charge >= 0.3 is 0 Å². The highest BCUT2D eigenvalue weighted by Gasteiger charge is 2.11. The van der Waals surface area contributed by atoms with Crippen molar-refractivity contribution >= 4 is 5.71 Å². The fourth-order valence-electron chi connectivity index (χ4n) is 2.67. The number of pyridine rings is 1. The molecule has 0 saturated heterocycles. The molecule has 1 aromatic carbocycles. The minimum atomic E-state index is 0.403. The largest absolute Gasteiger partial charge is 0.490 e. The van der Waals surface area contributed by atoms with Gasteiger partial charge in [0.15, 0.2) is 0 Å². The molecule has 0 atom stereocenters. The van der Waals surface area contributed by atoms with Crippen molar-refractivity contribution in [1.29, 1.82) is 0 Å². The van der Waals surface area contributed by atoms with Gasteiger partial charge in [0.25, 0.3) is 0 Å². The second-order valence-electron chi connectivity index (χ2n) is 5.93. The summed E-state index contributed by atoms with van der Waals surface area (Å²) in [5.74, 6) is 1.70. The molecule has 26 heavy (non-hydrogen) atoms. The molecule has 2 rings (SSSR count). The Balaban J connectivity index is 2.16. The molecule has 1 heterocycles. The topological polar surface area (TPSA) is 52.9 Å². The molecule has 0 amide bonds. The Hall–Kier alpha value is -2.82. The van der Waals surface area contributed by atoms with Crippen LogP contribution in [0.3, 0.4) is 0 Å². The van der Waals surface area contributed by atoms with Gasteiger partial charge in [-0.2, -0.15) is 0 Å². The Kier molecular flexibility index (Phi) is 7.21. The van der Waals surface area contributed by atoms with E-state index in [1.807, 2.05) is 64.1 Å². The van der Waals surface area contributed by atoms with Crippen LogP contribution in [0.1, 0.15) is 36.2 Å². The van der Waals surface area contributed by atoms with Gasteiger partial charge in [0, 0.05) is 11.8 Å². The molecule has 0 N–H and O–H groups in total. The lowest BCUT2D eigenvalue weighted by molar-refractivity contribution is 0.213. The first-order valence-corrected chi connectivity index (χ1v) is 8.56. The van der Waals surface area contributed by atoms with Gasteiger partial charge in [-0.25, -0.2) is 0 Å². The minimum Gasteiger partial charge on any atom is -0.490 e. The van der Waals surface area contributed by atoms with Crippen LogP contribution in [-0.2, 0) is 11.4 Å². The lowest BCUT2D eigenvalue weighted by Gasteiger charge is -2.15. The number of ether oxygens (including phenoxy) is 2. The van der Waals surface area contributed by atoms with Gasteiger partial charge in [0.05, 0.1) is 5.69 Å². The number of hydrogen-bond acceptors (Lipinski definition) is 5. The van der Waals surface area contributed by atoms with Crippen molar-refractivity contribution in [3.8, 4) is 11.5 Å². The van der Waals surface area contributed by atoms with Crippen LogP contribution in [0.5, 0.6) is 11.5 Å². The predicted octanol–water partition coefficient (Wildman–Crippen LogP) is 4.60. The summed E-state index contributed by atoms with van der Waals surface area (Å²) in [6.45, 7) is 8.84. The molecule has 0 radical (unpaired) electrons. The van der Waals surface area contributed by atoms with Gasteiger partial charge in [0.1, 0.15) is 37.5 Å². The van der Waals surface area contributed by atoms with Gasteiger partial charge in [0.2, 0.25) is 0 Å². The van der Waals surface area contributed by atoms with E-state index in [1.54, 1.807) is 6.20 Å². The van der Waals surface area contributed by atoms with Crippen LogP contribution in [-0.4, -0.2) is 24.4 Å². The van der Waals surface area contributed by atoms with E-state index in [0.717, 1.165) is 33.9 Å². The number of nitrogens with zero attached hydrogens (tertiary/aromatic N) is 2. The molecule has 0 spiro atoms. The van der Waals surface area contributed by atoms with Gasteiger partial charge in [-0.05, 0) is 57.0 Å². The molecular formula is C21H26N2O3. The fourth-order valence-corrected chi connectivity index (χ4v) is 2.67. The number of rotatable bonds is 8. The molecule has 5 nitrogen and oxygen atoms in total. The molecule has 0 bridgehead atoms. The zero-order valence-electron chi connectivity index (χ0n) is 16.1. The van der Waals surface area contributed by atoms with Crippen molar-refractivity contribution in [3.63, 3.8) is 0 Å². The van der Waals surface area contributed by atoms with Gasteiger partial charge in [-0.3, -0.25) is 4.98 Å². The minimum absolute atomic E-state index is 0.403. The van der Waals surface area contributed by atoms with Crippen LogP contribution < -0.4 is 9.47 Å². The van der Waals surface area contributed by atoms with Gasteiger partial charge < -0.3 is 14.3 Å². The Bertz CT molecular complexity index is 775. The van der Waals surface area contributed by atoms with Crippen LogP contribution >= 0.6 is 0 Å². The molecular weight excluding hydrogens is 328 g/mol. The van der Waals surface area contributed by atoms with E-state index >= 15 is 0 Å². The van der Waals surface area contributed by atoms with Crippen LogP contribution in [0.2, 0.25) is 0 Å². The quantitative estimate of drug-likeness (QED) is 0.395. The Morgan fingerprint density at radius 2 is 1.92 bits per heavy atom. The Labute approximate surface area is 155 Å². The number of hydrogen-bond donors (Lipinski definition) is 0. The summed E-state index contributed by atoms with van der Waals surface area (Å²) in [6.07, 6.45) is 5.68. The first-order valence-electron chi connectivity index (χ1n) is 8.56. The monoisotopic (exact) mass is 354 g/mol. The van der Waals surface area contributed by atoms with E-state index in [9.17, 15) is 0 Å². The van der Waals surface area contributed by atoms with Gasteiger partial charge in [-0.15, -0.1) is 0 Å². The predicted molar refractivity (Wildman–Crippen MR) is 104 cm³/mol. The molecule has 5 heteroatoms. The second kappa shape index (κ2) is 9.61. The van der Waals surface area contributed by atoms with Crippen LogP contribution in [0.15, 0.2) is 47.8 Å². The van der Waals surface area contributed by atoms with Crippen molar-refractivity contribution < 1.29 is 14.3 Å². The van der Waals surface area contributed by atoms with Crippen molar-refractivity contribution in [1.82, 2.24) is 4.98 Å². The summed E-state index contributed by atoms with van der Waals surface area (Å²) in [5, 5.41) is 3.97. The van der Waals surface area contributed by atoms with E-state index in [1.165, 1.54) is 7.11 Å². The summed E-state index contributed by atoms with van der Waals surface area (Å²) in [6, 6.07) is 7.86. The summed E-state index contributed by atoms with van der Waals surface area (Å²) < 4.78 is 11.8. The van der Waals surface area contributed by atoms with Crippen molar-refractivity contribution in [3.05, 3.63) is 65.0 Å². The maximum Gasteiger partial charge on any atom is 0.125 e. The normalized spacial score (nSPS) is 11.7. The fraction of sp³-hybridized carbons (Fsp3) is 0.333. The summed E-state index contributed by atoms with van der Waals surface area (Å²) in [4.78, 5) is 9.25. The molecule has 138 valence electrons. The zero-order valence-corrected chi connectivity index (χ0v) is 16.1. The molecule has 0 aliphatic heterocycles. The molecule has 0 aliphatic rings. The van der Waals surface area contributed by atoms with Crippen molar-refractivity contribution in [2.24, 2.45) is 5.16 Å². The molecule has 0 unspecified atom stereocenters. The number of aromatic nitrogens is 1. The molecule has 0 saturated carbocycles. The first-order chi connectivity index (χ1) is 12.6. The summed E-state index contributed by atoms with van der Waals surface area (Å²) in [5.41, 5.74) is 4.52. The Morgan fingerprint density at radius 1 is 1.19 bits per heavy atom. The van der Waals surface area contributed by atoms with E-state index < -0.39 is 0 Å². The highest BCUT2D eigenvalue weighted by Crippen LogP contribution is 2.29. The third-order valence-electron chi connectivity index (χ3n) is 3.85. The zero-order chi connectivity index (χ0) is 18.9. The first kappa shape index (κ1) is 19.5. The van der Waals surface area contributed by atoms with Crippen LogP contribution in [0.25, 0.3) is 0 Å². The number of aryl methyl sites for hydroxylation is 2. The van der Waals surface area contributed by atoms with Crippen LogP contribution in [0.4, 0.5) is 0 Å². The average Bonchev–Trinajstić information content (AvgIpc) is 2.62. The average molecular weight is 354 g/mol. The van der Waals surface area contributed by atoms with E-state index in [2.05, 4.69) is 10.1 Å². The Morgan fingerprint density at radius 3 is 2.58 bits per heavy atom. The smallest absolute Gasteiger partial charge is 0.125 e. The summed E-state index contributed by atoms with van der Waals surface area (Å²) >= 11 is 0. The van der Waals surface area contributed by atoms with Gasteiger partial charge in [-0.1, -0.05) is 23.4 Å². The molecule has 1 aromatic heterocycles. The number of benzene rings is 1. The third-order valence-corrected chi connectivity index (χ3v) is 3.85. The van der Waals surface area contributed by atoms with E-state index in [4.69, 9.17) is 14.3 Å². The second-order valence-corrected chi connectivity index (χ2v) is 5.93. The van der Waals surface area contributed by atoms with Crippen LogP contribution in [0, 0.1) is 13.8 Å². The third kappa shape index (κ3) is 5.09. The lowest BCUT2D eigenvalue weighted by atomic mass is 10.1. The highest BCUT2D eigenvalue weighted by molar-refractivity contribution is 5.97. The van der Waals surface area contributed by atoms with Crippen molar-refractivity contribution in [2.75, 3.05) is 13.7 Å². The molecule has 0 aliphatic carbocycles. The summed E-state index contributed by atoms with van der Waals surface area (Å²) in [7, 11) is 1.52. The highest BCUT2D eigenvalue weighted by atomic mass is 16.6. The molecule has 2 aromatic rings. The number of allylic oxidation sites excluding steroid dienone is 1. The molecule has 0 fully saturated rings. The maximum atomic E-state index is 6.10. The maximum absolute atomic E-state index is 6.10. The standard InChI is InChI=1S/C21H26N2O3/c1-6-7-11-25-19-12-15(2)21(16(3)13-19)26-14-18-9-8-10-22-20(18)17(4)23-24-5/h6-10,12-13H,11,14H2,1-5H3/b7-6+,23-17-.